The van der Waals surface area contributed by atoms with Gasteiger partial charge in [-0.1, -0.05) is 24.8 Å². The number of rotatable bonds is 3. The van der Waals surface area contributed by atoms with Gasteiger partial charge in [0.05, 0.1) is 11.7 Å². The first-order valence-corrected chi connectivity index (χ1v) is 6.23. The van der Waals surface area contributed by atoms with Crippen LogP contribution in [-0.2, 0) is 14.2 Å². The monoisotopic (exact) mass is 262 g/mol. The van der Waals surface area contributed by atoms with E-state index in [1.807, 2.05) is 13.0 Å². The highest BCUT2D eigenvalue weighted by Crippen LogP contribution is 2.27. The Morgan fingerprint density at radius 2 is 2.05 bits per heavy atom. The van der Waals surface area contributed by atoms with E-state index in [1.54, 1.807) is 31.4 Å². The van der Waals surface area contributed by atoms with Crippen molar-refractivity contribution in [1.82, 2.24) is 0 Å². The van der Waals surface area contributed by atoms with Crippen molar-refractivity contribution in [2.24, 2.45) is 0 Å². The van der Waals surface area contributed by atoms with Crippen LogP contribution in [0.3, 0.4) is 0 Å². The summed E-state index contributed by atoms with van der Waals surface area (Å²) in [5.74, 6) is -0.363. The van der Waals surface area contributed by atoms with Crippen molar-refractivity contribution in [3.63, 3.8) is 0 Å². The van der Waals surface area contributed by atoms with Crippen molar-refractivity contribution in [3.8, 4) is 0 Å². The molecule has 0 aliphatic carbocycles. The van der Waals surface area contributed by atoms with Gasteiger partial charge in [0.15, 0.2) is 6.29 Å². The predicted octanol–water partition coefficient (Wildman–Crippen LogP) is 2.55. The van der Waals surface area contributed by atoms with Crippen LogP contribution in [-0.4, -0.2) is 31.6 Å². The Labute approximate surface area is 113 Å². The third-order valence-corrected chi connectivity index (χ3v) is 3.13. The Morgan fingerprint density at radius 3 is 2.63 bits per heavy atom. The van der Waals surface area contributed by atoms with E-state index in [0.29, 0.717) is 12.0 Å². The van der Waals surface area contributed by atoms with Crippen molar-refractivity contribution >= 4 is 5.97 Å². The highest BCUT2D eigenvalue weighted by molar-refractivity contribution is 5.89. The maximum absolute atomic E-state index is 12.0. The summed E-state index contributed by atoms with van der Waals surface area (Å²) in [6.07, 6.45) is -0.472. The van der Waals surface area contributed by atoms with Crippen LogP contribution in [0.2, 0.25) is 0 Å². The molecule has 0 N–H and O–H groups in total. The van der Waals surface area contributed by atoms with Gasteiger partial charge in [0, 0.05) is 13.5 Å². The van der Waals surface area contributed by atoms with Crippen LogP contribution < -0.4 is 0 Å². The molecule has 1 saturated heterocycles. The molecule has 0 saturated carbocycles. The number of esters is 1. The van der Waals surface area contributed by atoms with Gasteiger partial charge in [0.1, 0.15) is 6.10 Å². The molecule has 19 heavy (non-hydrogen) atoms. The highest BCUT2D eigenvalue weighted by Gasteiger charge is 2.34. The summed E-state index contributed by atoms with van der Waals surface area (Å²) in [6, 6.07) is 8.89. The lowest BCUT2D eigenvalue weighted by Crippen LogP contribution is -2.41. The van der Waals surface area contributed by atoms with Gasteiger partial charge in [-0.2, -0.15) is 0 Å². The molecule has 102 valence electrons. The second kappa shape index (κ2) is 5.99. The third-order valence-electron chi connectivity index (χ3n) is 3.13. The Balaban J connectivity index is 2.03. The fraction of sp³-hybridized carbons (Fsp3) is 0.400. The lowest BCUT2D eigenvalue weighted by Gasteiger charge is -2.35. The van der Waals surface area contributed by atoms with Gasteiger partial charge in [0.2, 0.25) is 0 Å². The molecule has 2 rings (SSSR count). The fourth-order valence-corrected chi connectivity index (χ4v) is 2.10. The maximum Gasteiger partial charge on any atom is 0.338 e. The Hall–Kier alpha value is -1.65. The molecule has 1 aromatic rings. The lowest BCUT2D eigenvalue weighted by atomic mass is 10.0. The molecule has 0 radical (unpaired) electrons. The van der Waals surface area contributed by atoms with E-state index < -0.39 is 6.10 Å². The van der Waals surface area contributed by atoms with Crippen LogP contribution in [0.4, 0.5) is 0 Å². The molecule has 0 amide bonds. The van der Waals surface area contributed by atoms with Gasteiger partial charge in [-0.15, -0.1) is 0 Å². The molecule has 0 aromatic heterocycles. The molecule has 1 aliphatic rings. The molecule has 1 aliphatic heterocycles. The molecule has 3 atom stereocenters. The molecule has 4 heteroatoms. The van der Waals surface area contributed by atoms with Crippen molar-refractivity contribution in [2.45, 2.75) is 31.8 Å². The summed E-state index contributed by atoms with van der Waals surface area (Å²) in [4.78, 5) is 12.0. The SMILES string of the molecule is C=C1CC(OC)OC(C)C1OC(=O)c1ccccc1. The van der Waals surface area contributed by atoms with E-state index in [-0.39, 0.29) is 18.4 Å². The smallest absolute Gasteiger partial charge is 0.338 e. The fourth-order valence-electron chi connectivity index (χ4n) is 2.10. The number of benzene rings is 1. The second-order valence-corrected chi connectivity index (χ2v) is 4.56. The Morgan fingerprint density at radius 1 is 1.37 bits per heavy atom. The average Bonchev–Trinajstić information content (AvgIpc) is 2.43. The summed E-state index contributed by atoms with van der Waals surface area (Å²) < 4.78 is 16.2. The van der Waals surface area contributed by atoms with Crippen LogP contribution in [0, 0.1) is 0 Å². The molecular weight excluding hydrogens is 244 g/mol. The number of carbonyl (C=O) groups excluding carboxylic acids is 1. The van der Waals surface area contributed by atoms with Crippen LogP contribution >= 0.6 is 0 Å². The van der Waals surface area contributed by atoms with E-state index in [0.717, 1.165) is 5.57 Å². The quantitative estimate of drug-likeness (QED) is 0.620. The summed E-state index contributed by atoms with van der Waals surface area (Å²) >= 11 is 0. The second-order valence-electron chi connectivity index (χ2n) is 4.56. The van der Waals surface area contributed by atoms with Gasteiger partial charge in [-0.05, 0) is 24.6 Å². The molecule has 1 fully saturated rings. The molecular formula is C15H18O4. The van der Waals surface area contributed by atoms with E-state index >= 15 is 0 Å². The van der Waals surface area contributed by atoms with Gasteiger partial charge in [0.25, 0.3) is 0 Å². The van der Waals surface area contributed by atoms with Crippen molar-refractivity contribution < 1.29 is 19.0 Å². The zero-order valence-electron chi connectivity index (χ0n) is 11.2. The molecule has 1 heterocycles. The minimum Gasteiger partial charge on any atom is -0.451 e. The zero-order valence-corrected chi connectivity index (χ0v) is 11.2. The van der Waals surface area contributed by atoms with E-state index in [1.165, 1.54) is 0 Å². The van der Waals surface area contributed by atoms with Crippen LogP contribution in [0.1, 0.15) is 23.7 Å². The number of methoxy groups -OCH3 is 1. The van der Waals surface area contributed by atoms with Gasteiger partial charge >= 0.3 is 5.97 Å². The van der Waals surface area contributed by atoms with E-state index in [2.05, 4.69) is 6.58 Å². The van der Waals surface area contributed by atoms with E-state index in [9.17, 15) is 4.79 Å². The molecule has 4 nitrogen and oxygen atoms in total. The summed E-state index contributed by atoms with van der Waals surface area (Å²) in [6.45, 7) is 5.80. The third kappa shape index (κ3) is 3.22. The zero-order chi connectivity index (χ0) is 13.8. The number of ether oxygens (including phenoxy) is 3. The summed E-state index contributed by atoms with van der Waals surface area (Å²) in [7, 11) is 1.58. The molecule has 3 unspecified atom stereocenters. The molecule has 0 spiro atoms. The Bertz CT molecular complexity index is 454. The first-order chi connectivity index (χ1) is 9.11. The first kappa shape index (κ1) is 13.8. The lowest BCUT2D eigenvalue weighted by molar-refractivity contribution is -0.188. The number of hydrogen-bond acceptors (Lipinski definition) is 4. The minimum absolute atomic E-state index is 0.265. The number of carbonyl (C=O) groups is 1. The van der Waals surface area contributed by atoms with Gasteiger partial charge in [-0.25, -0.2) is 4.79 Å². The molecule has 1 aromatic carbocycles. The van der Waals surface area contributed by atoms with Crippen molar-refractivity contribution in [3.05, 3.63) is 48.0 Å². The average molecular weight is 262 g/mol. The largest absolute Gasteiger partial charge is 0.451 e. The van der Waals surface area contributed by atoms with Gasteiger partial charge in [-0.3, -0.25) is 0 Å². The topological polar surface area (TPSA) is 44.8 Å². The normalized spacial score (nSPS) is 27.1. The first-order valence-electron chi connectivity index (χ1n) is 6.23. The highest BCUT2D eigenvalue weighted by atomic mass is 16.7. The van der Waals surface area contributed by atoms with E-state index in [4.69, 9.17) is 14.2 Å². The van der Waals surface area contributed by atoms with Crippen LogP contribution in [0.15, 0.2) is 42.5 Å². The minimum atomic E-state index is -0.431. The Kier molecular flexibility index (Phi) is 4.35. The summed E-state index contributed by atoms with van der Waals surface area (Å²) in [5, 5.41) is 0. The summed E-state index contributed by atoms with van der Waals surface area (Å²) in [5.41, 5.74) is 1.34. The number of hydrogen-bond donors (Lipinski definition) is 0. The standard InChI is InChI=1S/C15H18O4/c1-10-9-13(17-3)18-11(2)14(10)19-15(16)12-7-5-4-6-8-12/h4-8,11,13-14H,1,9H2,2-3H3. The maximum atomic E-state index is 12.0. The van der Waals surface area contributed by atoms with Crippen LogP contribution in [0.5, 0.6) is 0 Å². The van der Waals surface area contributed by atoms with Crippen molar-refractivity contribution in [2.75, 3.05) is 7.11 Å². The van der Waals surface area contributed by atoms with Gasteiger partial charge < -0.3 is 14.2 Å². The predicted molar refractivity (Wildman–Crippen MR) is 70.7 cm³/mol. The van der Waals surface area contributed by atoms with Crippen molar-refractivity contribution in [1.29, 1.82) is 0 Å². The molecule has 0 bridgehead atoms. The van der Waals surface area contributed by atoms with Crippen LogP contribution in [0.25, 0.3) is 0 Å².